The maximum absolute atomic E-state index is 12.3. The highest BCUT2D eigenvalue weighted by molar-refractivity contribution is 5.91. The first-order valence-electron chi connectivity index (χ1n) is 8.46. The van der Waals surface area contributed by atoms with E-state index in [1.807, 2.05) is 29.5 Å². The second-order valence-electron chi connectivity index (χ2n) is 5.90. The van der Waals surface area contributed by atoms with Gasteiger partial charge in [-0.15, -0.1) is 0 Å². The molecule has 1 aliphatic carbocycles. The molecular formula is C16H27N5O2. The summed E-state index contributed by atoms with van der Waals surface area (Å²) in [5.41, 5.74) is 0. The summed E-state index contributed by atoms with van der Waals surface area (Å²) in [5, 5.41) is 10.0. The third-order valence-electron chi connectivity index (χ3n) is 4.16. The summed E-state index contributed by atoms with van der Waals surface area (Å²) in [6.45, 7) is 5.50. The van der Waals surface area contributed by atoms with E-state index >= 15 is 0 Å². The Labute approximate surface area is 137 Å². The molecule has 2 N–H and O–H groups in total. The Balaban J connectivity index is 1.88. The van der Waals surface area contributed by atoms with Gasteiger partial charge in [-0.25, -0.2) is 4.68 Å². The Morgan fingerprint density at radius 1 is 1.26 bits per heavy atom. The smallest absolute Gasteiger partial charge is 0.239 e. The molecule has 0 radical (unpaired) electrons. The van der Waals surface area contributed by atoms with Gasteiger partial charge < -0.3 is 10.6 Å². The van der Waals surface area contributed by atoms with Crippen LogP contribution in [0.2, 0.25) is 0 Å². The van der Waals surface area contributed by atoms with Crippen molar-refractivity contribution < 1.29 is 9.59 Å². The van der Waals surface area contributed by atoms with Crippen molar-refractivity contribution in [3.8, 4) is 0 Å². The molecule has 0 spiro atoms. The third kappa shape index (κ3) is 5.06. The number of rotatable bonds is 8. The molecule has 1 fully saturated rings. The maximum atomic E-state index is 12.3. The molecule has 1 heterocycles. The lowest BCUT2D eigenvalue weighted by Crippen LogP contribution is -2.41. The van der Waals surface area contributed by atoms with Gasteiger partial charge in [0.05, 0.1) is 25.3 Å². The average Bonchev–Trinajstić information content (AvgIpc) is 3.17. The molecule has 0 atom stereocenters. The first kappa shape index (κ1) is 17.5. The third-order valence-corrected chi connectivity index (χ3v) is 4.16. The van der Waals surface area contributed by atoms with Crippen LogP contribution in [-0.4, -0.2) is 52.7 Å². The van der Waals surface area contributed by atoms with E-state index in [-0.39, 0.29) is 24.9 Å². The minimum atomic E-state index is -0.115. The van der Waals surface area contributed by atoms with Gasteiger partial charge in [0.1, 0.15) is 5.82 Å². The van der Waals surface area contributed by atoms with Crippen molar-refractivity contribution in [2.75, 3.05) is 31.5 Å². The van der Waals surface area contributed by atoms with Crippen LogP contribution in [0.15, 0.2) is 12.3 Å². The van der Waals surface area contributed by atoms with Crippen molar-refractivity contribution in [3.05, 3.63) is 12.3 Å². The monoisotopic (exact) mass is 321 g/mol. The normalized spacial score (nSPS) is 15.1. The van der Waals surface area contributed by atoms with Gasteiger partial charge >= 0.3 is 0 Å². The number of aromatic nitrogens is 2. The van der Waals surface area contributed by atoms with Crippen LogP contribution in [0.4, 0.5) is 5.82 Å². The average molecular weight is 321 g/mol. The predicted molar refractivity (Wildman–Crippen MR) is 89.2 cm³/mol. The van der Waals surface area contributed by atoms with Crippen LogP contribution in [0.1, 0.15) is 45.6 Å². The SMILES string of the molecule is CCNC(=O)CN(CC)CC(=O)Nc1ccnn1C1CCCC1. The van der Waals surface area contributed by atoms with Gasteiger partial charge in [0.15, 0.2) is 0 Å². The molecule has 0 aliphatic heterocycles. The molecule has 0 aromatic carbocycles. The molecule has 0 bridgehead atoms. The second-order valence-corrected chi connectivity index (χ2v) is 5.90. The number of amides is 2. The van der Waals surface area contributed by atoms with Gasteiger partial charge in [-0.3, -0.25) is 14.5 Å². The van der Waals surface area contributed by atoms with E-state index in [1.165, 1.54) is 12.8 Å². The molecule has 0 saturated heterocycles. The number of hydrogen-bond acceptors (Lipinski definition) is 4. The van der Waals surface area contributed by atoms with E-state index in [0.717, 1.165) is 18.7 Å². The Bertz CT molecular complexity index is 522. The highest BCUT2D eigenvalue weighted by atomic mass is 16.2. The number of anilines is 1. The first-order valence-corrected chi connectivity index (χ1v) is 8.46. The summed E-state index contributed by atoms with van der Waals surface area (Å²) in [4.78, 5) is 25.7. The lowest BCUT2D eigenvalue weighted by molar-refractivity contribution is -0.123. The fraction of sp³-hybridized carbons (Fsp3) is 0.688. The maximum Gasteiger partial charge on any atom is 0.239 e. The van der Waals surface area contributed by atoms with Gasteiger partial charge in [-0.2, -0.15) is 5.10 Å². The molecule has 2 amide bonds. The van der Waals surface area contributed by atoms with Crippen LogP contribution in [0, 0.1) is 0 Å². The summed E-state index contributed by atoms with van der Waals surface area (Å²) in [7, 11) is 0. The van der Waals surface area contributed by atoms with E-state index in [4.69, 9.17) is 0 Å². The summed E-state index contributed by atoms with van der Waals surface area (Å²) < 4.78 is 1.92. The van der Waals surface area contributed by atoms with E-state index in [2.05, 4.69) is 15.7 Å². The molecule has 128 valence electrons. The zero-order valence-corrected chi connectivity index (χ0v) is 14.0. The fourth-order valence-corrected chi connectivity index (χ4v) is 2.97. The second kappa shape index (κ2) is 8.67. The Morgan fingerprint density at radius 2 is 1.96 bits per heavy atom. The molecular weight excluding hydrogens is 294 g/mol. The molecule has 1 saturated carbocycles. The minimum absolute atomic E-state index is 0.0573. The Kier molecular flexibility index (Phi) is 6.58. The molecule has 23 heavy (non-hydrogen) atoms. The van der Waals surface area contributed by atoms with E-state index in [9.17, 15) is 9.59 Å². The highest BCUT2D eigenvalue weighted by Gasteiger charge is 2.21. The van der Waals surface area contributed by atoms with E-state index < -0.39 is 0 Å². The number of nitrogens with zero attached hydrogens (tertiary/aromatic N) is 3. The molecule has 7 nitrogen and oxygen atoms in total. The summed E-state index contributed by atoms with van der Waals surface area (Å²) in [6, 6.07) is 2.22. The zero-order valence-electron chi connectivity index (χ0n) is 14.0. The van der Waals surface area contributed by atoms with Crippen molar-refractivity contribution in [3.63, 3.8) is 0 Å². The summed E-state index contributed by atoms with van der Waals surface area (Å²) in [6.07, 6.45) is 6.38. The molecule has 2 rings (SSSR count). The quantitative estimate of drug-likeness (QED) is 0.758. The molecule has 0 unspecified atom stereocenters. The Morgan fingerprint density at radius 3 is 2.61 bits per heavy atom. The van der Waals surface area contributed by atoms with Crippen LogP contribution >= 0.6 is 0 Å². The summed E-state index contributed by atoms with van der Waals surface area (Å²) >= 11 is 0. The van der Waals surface area contributed by atoms with Crippen LogP contribution in [0.3, 0.4) is 0 Å². The number of carbonyl (C=O) groups is 2. The van der Waals surface area contributed by atoms with Crippen molar-refractivity contribution >= 4 is 17.6 Å². The number of nitrogens with one attached hydrogen (secondary N) is 2. The standard InChI is InChI=1S/C16H27N5O2/c1-3-17-15(22)11-20(4-2)12-16(23)19-14-9-10-18-21(14)13-7-5-6-8-13/h9-10,13H,3-8,11-12H2,1-2H3,(H,17,22)(H,19,23). The van der Waals surface area contributed by atoms with Crippen LogP contribution in [0.5, 0.6) is 0 Å². The van der Waals surface area contributed by atoms with Gasteiger partial charge in [0.2, 0.25) is 11.8 Å². The minimum Gasteiger partial charge on any atom is -0.355 e. The summed E-state index contributed by atoms with van der Waals surface area (Å²) in [5.74, 6) is 0.574. The van der Waals surface area contributed by atoms with Crippen molar-refractivity contribution in [2.24, 2.45) is 0 Å². The van der Waals surface area contributed by atoms with Gasteiger partial charge in [0, 0.05) is 12.6 Å². The molecule has 1 aromatic rings. The van der Waals surface area contributed by atoms with Gasteiger partial charge in [0.25, 0.3) is 0 Å². The van der Waals surface area contributed by atoms with Crippen LogP contribution in [-0.2, 0) is 9.59 Å². The molecule has 7 heteroatoms. The highest BCUT2D eigenvalue weighted by Crippen LogP contribution is 2.31. The lowest BCUT2D eigenvalue weighted by Gasteiger charge is -2.20. The van der Waals surface area contributed by atoms with Crippen molar-refractivity contribution in [1.29, 1.82) is 0 Å². The Hall–Kier alpha value is -1.89. The molecule has 1 aromatic heterocycles. The van der Waals surface area contributed by atoms with Gasteiger partial charge in [-0.1, -0.05) is 19.8 Å². The molecule has 1 aliphatic rings. The van der Waals surface area contributed by atoms with E-state index in [1.54, 1.807) is 6.20 Å². The van der Waals surface area contributed by atoms with E-state index in [0.29, 0.717) is 19.1 Å². The van der Waals surface area contributed by atoms with Crippen LogP contribution < -0.4 is 10.6 Å². The lowest BCUT2D eigenvalue weighted by atomic mass is 10.2. The number of carbonyl (C=O) groups excluding carboxylic acids is 2. The van der Waals surface area contributed by atoms with Gasteiger partial charge in [-0.05, 0) is 26.3 Å². The van der Waals surface area contributed by atoms with Crippen molar-refractivity contribution in [1.82, 2.24) is 20.0 Å². The number of likely N-dealkylation sites (N-methyl/N-ethyl adjacent to an activating group) is 2. The largest absolute Gasteiger partial charge is 0.355 e. The zero-order chi connectivity index (χ0) is 16.7. The fourth-order valence-electron chi connectivity index (χ4n) is 2.97. The topological polar surface area (TPSA) is 79.3 Å². The van der Waals surface area contributed by atoms with Crippen molar-refractivity contribution in [2.45, 2.75) is 45.6 Å². The number of hydrogen-bond donors (Lipinski definition) is 2. The van der Waals surface area contributed by atoms with Crippen LogP contribution in [0.25, 0.3) is 0 Å². The predicted octanol–water partition coefficient (Wildman–Crippen LogP) is 1.39. The first-order chi connectivity index (χ1) is 11.1.